The second-order valence-electron chi connectivity index (χ2n) is 4.60. The van der Waals surface area contributed by atoms with Crippen molar-refractivity contribution in [3.8, 4) is 0 Å². The standard InChI is InChI=1S/C15H15BrClN3O/c1-9-6-12(16)4-5-14(9)19-8-11-3-2-10(7-13(11)17)15(18)20-21/h2-7,19,21H,8H2,1H3,(H2,18,20). The molecule has 0 saturated heterocycles. The number of rotatable bonds is 4. The van der Waals surface area contributed by atoms with Gasteiger partial charge < -0.3 is 16.3 Å². The summed E-state index contributed by atoms with van der Waals surface area (Å²) >= 11 is 9.66. The van der Waals surface area contributed by atoms with Crippen LogP contribution in [0, 0.1) is 6.92 Å². The van der Waals surface area contributed by atoms with Gasteiger partial charge in [-0.3, -0.25) is 0 Å². The summed E-state index contributed by atoms with van der Waals surface area (Å²) in [5.41, 5.74) is 9.26. The number of benzene rings is 2. The lowest BCUT2D eigenvalue weighted by Crippen LogP contribution is -2.13. The second kappa shape index (κ2) is 6.83. The highest BCUT2D eigenvalue weighted by Crippen LogP contribution is 2.23. The minimum atomic E-state index is 0.0418. The monoisotopic (exact) mass is 367 g/mol. The SMILES string of the molecule is Cc1cc(Br)ccc1NCc1ccc(/C(N)=N/O)cc1Cl. The third-order valence-corrected chi connectivity index (χ3v) is 3.96. The van der Waals surface area contributed by atoms with Gasteiger partial charge in [0.25, 0.3) is 0 Å². The van der Waals surface area contributed by atoms with Crippen molar-refractivity contribution in [2.45, 2.75) is 13.5 Å². The molecule has 0 unspecified atom stereocenters. The van der Waals surface area contributed by atoms with Crippen LogP contribution >= 0.6 is 27.5 Å². The number of nitrogens with two attached hydrogens (primary N) is 1. The van der Waals surface area contributed by atoms with E-state index in [2.05, 4.69) is 26.4 Å². The summed E-state index contributed by atoms with van der Waals surface area (Å²) in [6.45, 7) is 2.63. The zero-order valence-electron chi connectivity index (χ0n) is 11.4. The molecule has 0 amide bonds. The Morgan fingerprint density at radius 2 is 2.10 bits per heavy atom. The van der Waals surface area contributed by atoms with E-state index in [4.69, 9.17) is 22.5 Å². The van der Waals surface area contributed by atoms with E-state index in [9.17, 15) is 0 Å². The van der Waals surface area contributed by atoms with Crippen LogP contribution in [0.25, 0.3) is 0 Å². The smallest absolute Gasteiger partial charge is 0.170 e. The van der Waals surface area contributed by atoms with E-state index in [0.29, 0.717) is 17.1 Å². The van der Waals surface area contributed by atoms with Crippen LogP contribution in [0.2, 0.25) is 5.02 Å². The quantitative estimate of drug-likeness (QED) is 0.329. The predicted molar refractivity (Wildman–Crippen MR) is 90.2 cm³/mol. The molecule has 2 aromatic rings. The first-order valence-electron chi connectivity index (χ1n) is 6.27. The highest BCUT2D eigenvalue weighted by Gasteiger charge is 2.06. The third-order valence-electron chi connectivity index (χ3n) is 3.11. The van der Waals surface area contributed by atoms with Crippen LogP contribution in [0.1, 0.15) is 16.7 Å². The van der Waals surface area contributed by atoms with Crippen LogP contribution in [0.4, 0.5) is 5.69 Å². The van der Waals surface area contributed by atoms with Gasteiger partial charge in [-0.25, -0.2) is 0 Å². The number of oxime groups is 1. The number of anilines is 1. The van der Waals surface area contributed by atoms with E-state index in [-0.39, 0.29) is 5.84 Å². The lowest BCUT2D eigenvalue weighted by atomic mass is 10.1. The van der Waals surface area contributed by atoms with Gasteiger partial charge in [-0.2, -0.15) is 0 Å². The van der Waals surface area contributed by atoms with E-state index in [1.54, 1.807) is 12.1 Å². The Morgan fingerprint density at radius 3 is 2.71 bits per heavy atom. The molecule has 2 aromatic carbocycles. The van der Waals surface area contributed by atoms with Crippen molar-refractivity contribution in [1.82, 2.24) is 0 Å². The largest absolute Gasteiger partial charge is 0.409 e. The number of amidine groups is 1. The van der Waals surface area contributed by atoms with E-state index < -0.39 is 0 Å². The number of nitrogens with one attached hydrogen (secondary N) is 1. The third kappa shape index (κ3) is 3.89. The maximum Gasteiger partial charge on any atom is 0.170 e. The first-order chi connectivity index (χ1) is 10.0. The Kier molecular flexibility index (Phi) is 5.09. The fourth-order valence-corrected chi connectivity index (χ4v) is 2.65. The van der Waals surface area contributed by atoms with Gasteiger partial charge in [0.05, 0.1) is 0 Å². The molecule has 4 nitrogen and oxygen atoms in total. The summed E-state index contributed by atoms with van der Waals surface area (Å²) in [4.78, 5) is 0. The van der Waals surface area contributed by atoms with Crippen molar-refractivity contribution >= 4 is 39.1 Å². The van der Waals surface area contributed by atoms with Crippen molar-refractivity contribution in [3.05, 3.63) is 62.6 Å². The average molecular weight is 369 g/mol. The summed E-state index contributed by atoms with van der Waals surface area (Å²) in [7, 11) is 0. The molecule has 0 heterocycles. The second-order valence-corrected chi connectivity index (χ2v) is 5.93. The molecular formula is C15H15BrClN3O. The Labute approximate surface area is 136 Å². The number of hydrogen-bond donors (Lipinski definition) is 3. The van der Waals surface area contributed by atoms with Gasteiger partial charge in [-0.15, -0.1) is 0 Å². The van der Waals surface area contributed by atoms with Crippen molar-refractivity contribution in [2.24, 2.45) is 10.9 Å². The molecule has 0 aliphatic heterocycles. The predicted octanol–water partition coefficient (Wildman–Crippen LogP) is 4.12. The molecule has 110 valence electrons. The highest BCUT2D eigenvalue weighted by atomic mass is 79.9. The van der Waals surface area contributed by atoms with Crippen LogP contribution < -0.4 is 11.1 Å². The fourth-order valence-electron chi connectivity index (χ4n) is 1.92. The van der Waals surface area contributed by atoms with Gasteiger partial charge in [0.1, 0.15) is 0 Å². The molecule has 0 saturated carbocycles. The van der Waals surface area contributed by atoms with Crippen molar-refractivity contribution < 1.29 is 5.21 Å². The van der Waals surface area contributed by atoms with E-state index in [0.717, 1.165) is 21.3 Å². The minimum absolute atomic E-state index is 0.0418. The number of hydrogen-bond acceptors (Lipinski definition) is 3. The molecule has 0 fully saturated rings. The van der Waals surface area contributed by atoms with Crippen LogP contribution in [0.3, 0.4) is 0 Å². The van der Waals surface area contributed by atoms with Crippen LogP contribution in [-0.4, -0.2) is 11.0 Å². The summed E-state index contributed by atoms with van der Waals surface area (Å²) in [6.07, 6.45) is 0. The molecule has 0 radical (unpaired) electrons. The maximum absolute atomic E-state index is 8.66. The van der Waals surface area contributed by atoms with Gasteiger partial charge in [0, 0.05) is 27.3 Å². The van der Waals surface area contributed by atoms with E-state index in [1.165, 1.54) is 0 Å². The molecule has 0 bridgehead atoms. The average Bonchev–Trinajstić information content (AvgIpc) is 2.46. The zero-order valence-corrected chi connectivity index (χ0v) is 13.7. The van der Waals surface area contributed by atoms with E-state index >= 15 is 0 Å². The molecule has 0 aliphatic rings. The lowest BCUT2D eigenvalue weighted by Gasteiger charge is -2.12. The molecule has 21 heavy (non-hydrogen) atoms. The van der Waals surface area contributed by atoms with Crippen molar-refractivity contribution in [3.63, 3.8) is 0 Å². The first-order valence-corrected chi connectivity index (χ1v) is 7.44. The zero-order chi connectivity index (χ0) is 15.4. The van der Waals surface area contributed by atoms with Crippen LogP contribution in [0.5, 0.6) is 0 Å². The molecule has 0 spiro atoms. The highest BCUT2D eigenvalue weighted by molar-refractivity contribution is 9.10. The fraction of sp³-hybridized carbons (Fsp3) is 0.133. The van der Waals surface area contributed by atoms with Crippen molar-refractivity contribution in [2.75, 3.05) is 5.32 Å². The first kappa shape index (κ1) is 15.7. The van der Waals surface area contributed by atoms with Crippen LogP contribution in [-0.2, 0) is 6.54 Å². The van der Waals surface area contributed by atoms with Crippen molar-refractivity contribution in [1.29, 1.82) is 0 Å². The van der Waals surface area contributed by atoms with Gasteiger partial charge in [0.2, 0.25) is 0 Å². The molecule has 0 aromatic heterocycles. The normalized spacial score (nSPS) is 11.5. The molecular weight excluding hydrogens is 354 g/mol. The summed E-state index contributed by atoms with van der Waals surface area (Å²) in [6, 6.07) is 11.4. The van der Waals surface area contributed by atoms with Gasteiger partial charge >= 0.3 is 0 Å². The van der Waals surface area contributed by atoms with Gasteiger partial charge in [0.15, 0.2) is 5.84 Å². The van der Waals surface area contributed by atoms with Gasteiger partial charge in [-0.05, 0) is 42.3 Å². The summed E-state index contributed by atoms with van der Waals surface area (Å²) in [5, 5.41) is 15.5. The minimum Gasteiger partial charge on any atom is -0.409 e. The summed E-state index contributed by atoms with van der Waals surface area (Å²) < 4.78 is 1.05. The molecule has 4 N–H and O–H groups in total. The maximum atomic E-state index is 8.66. The van der Waals surface area contributed by atoms with Crippen LogP contribution in [0.15, 0.2) is 46.0 Å². The Bertz CT molecular complexity index is 689. The lowest BCUT2D eigenvalue weighted by molar-refractivity contribution is 0.318. The van der Waals surface area contributed by atoms with Gasteiger partial charge in [-0.1, -0.05) is 44.8 Å². The summed E-state index contributed by atoms with van der Waals surface area (Å²) in [5.74, 6) is 0.0418. The Morgan fingerprint density at radius 1 is 1.33 bits per heavy atom. The van der Waals surface area contributed by atoms with E-state index in [1.807, 2.05) is 31.2 Å². The Hall–Kier alpha value is -1.72. The molecule has 0 aliphatic carbocycles. The topological polar surface area (TPSA) is 70.6 Å². The number of halogens is 2. The number of aryl methyl sites for hydroxylation is 1. The molecule has 0 atom stereocenters. The molecule has 2 rings (SSSR count). The Balaban J connectivity index is 2.13. The molecule has 6 heteroatoms. The number of nitrogens with zero attached hydrogens (tertiary/aromatic N) is 1.